The Morgan fingerprint density at radius 3 is 2.47 bits per heavy atom. The SMILES string of the molecule is CC(C)(C)CCS(=O)(=O)Nc1ccc(N)cn1. The van der Waals surface area contributed by atoms with Gasteiger partial charge < -0.3 is 5.73 Å². The van der Waals surface area contributed by atoms with Crippen LogP contribution < -0.4 is 10.5 Å². The molecular weight excluding hydrogens is 238 g/mol. The van der Waals surface area contributed by atoms with Gasteiger partial charge in [-0.2, -0.15) is 0 Å². The highest BCUT2D eigenvalue weighted by Gasteiger charge is 2.17. The molecule has 1 aromatic rings. The molecule has 17 heavy (non-hydrogen) atoms. The van der Waals surface area contributed by atoms with Crippen molar-refractivity contribution in [1.29, 1.82) is 0 Å². The van der Waals surface area contributed by atoms with Crippen LogP contribution in [0.4, 0.5) is 11.5 Å². The van der Waals surface area contributed by atoms with Crippen molar-refractivity contribution in [1.82, 2.24) is 4.98 Å². The molecular formula is C11H19N3O2S. The van der Waals surface area contributed by atoms with E-state index in [0.29, 0.717) is 17.9 Å². The third-order valence-electron chi connectivity index (χ3n) is 2.17. The largest absolute Gasteiger partial charge is 0.397 e. The third-order valence-corrected chi connectivity index (χ3v) is 3.43. The predicted octanol–water partition coefficient (Wildman–Crippen LogP) is 1.84. The quantitative estimate of drug-likeness (QED) is 0.862. The molecule has 0 aromatic carbocycles. The highest BCUT2D eigenvalue weighted by atomic mass is 32.2. The zero-order valence-electron chi connectivity index (χ0n) is 10.4. The lowest BCUT2D eigenvalue weighted by Crippen LogP contribution is -2.21. The molecule has 6 heteroatoms. The van der Waals surface area contributed by atoms with Gasteiger partial charge in [-0.15, -0.1) is 0 Å². The van der Waals surface area contributed by atoms with Crippen molar-refractivity contribution in [2.24, 2.45) is 5.41 Å². The summed E-state index contributed by atoms with van der Waals surface area (Å²) in [6.07, 6.45) is 2.01. The number of hydrogen-bond donors (Lipinski definition) is 2. The van der Waals surface area contributed by atoms with Gasteiger partial charge in [0.15, 0.2) is 0 Å². The standard InChI is InChI=1S/C11H19N3O2S/c1-11(2,3)6-7-17(15,16)14-10-5-4-9(12)8-13-10/h4-5,8H,6-7,12H2,1-3H3,(H,13,14). The van der Waals surface area contributed by atoms with Crippen molar-refractivity contribution in [3.63, 3.8) is 0 Å². The normalized spacial score (nSPS) is 12.4. The van der Waals surface area contributed by atoms with Crippen molar-refractivity contribution in [3.8, 4) is 0 Å². The summed E-state index contributed by atoms with van der Waals surface area (Å²) in [6.45, 7) is 6.01. The van der Waals surface area contributed by atoms with Gasteiger partial charge >= 0.3 is 0 Å². The average molecular weight is 257 g/mol. The molecule has 0 aliphatic heterocycles. The molecule has 1 aromatic heterocycles. The Bertz CT molecular complexity index is 460. The number of aromatic nitrogens is 1. The van der Waals surface area contributed by atoms with Gasteiger partial charge in [-0.25, -0.2) is 13.4 Å². The summed E-state index contributed by atoms with van der Waals surface area (Å²) in [5, 5.41) is 0. The molecule has 0 saturated heterocycles. The van der Waals surface area contributed by atoms with Crippen molar-refractivity contribution in [2.45, 2.75) is 27.2 Å². The molecule has 0 spiro atoms. The van der Waals surface area contributed by atoms with Crippen molar-refractivity contribution < 1.29 is 8.42 Å². The second-order valence-corrected chi connectivity index (χ2v) is 7.05. The number of hydrogen-bond acceptors (Lipinski definition) is 4. The van der Waals surface area contributed by atoms with Crippen molar-refractivity contribution in [2.75, 3.05) is 16.2 Å². The van der Waals surface area contributed by atoms with Gasteiger partial charge in [0.25, 0.3) is 0 Å². The summed E-state index contributed by atoms with van der Waals surface area (Å²) in [5.41, 5.74) is 5.96. The summed E-state index contributed by atoms with van der Waals surface area (Å²) in [5.74, 6) is 0.385. The van der Waals surface area contributed by atoms with E-state index in [4.69, 9.17) is 5.73 Å². The maximum absolute atomic E-state index is 11.7. The Morgan fingerprint density at radius 2 is 2.00 bits per heavy atom. The van der Waals surface area contributed by atoms with Gasteiger partial charge in [-0.1, -0.05) is 20.8 Å². The molecule has 5 nitrogen and oxygen atoms in total. The Hall–Kier alpha value is -1.30. The van der Waals surface area contributed by atoms with E-state index in [1.54, 1.807) is 12.1 Å². The monoisotopic (exact) mass is 257 g/mol. The van der Waals surface area contributed by atoms with Gasteiger partial charge in [-0.05, 0) is 24.0 Å². The van der Waals surface area contributed by atoms with Gasteiger partial charge in [0.2, 0.25) is 10.0 Å². The minimum atomic E-state index is -3.33. The first-order valence-corrected chi connectivity index (χ1v) is 7.05. The second kappa shape index (κ2) is 4.91. The van der Waals surface area contributed by atoms with Gasteiger partial charge in [0.1, 0.15) is 5.82 Å². The fourth-order valence-electron chi connectivity index (χ4n) is 1.12. The number of nitrogens with one attached hydrogen (secondary N) is 1. The van der Waals surface area contributed by atoms with Crippen LogP contribution in [-0.2, 0) is 10.0 Å². The number of sulfonamides is 1. The van der Waals surface area contributed by atoms with Crippen molar-refractivity contribution >= 4 is 21.5 Å². The van der Waals surface area contributed by atoms with Crippen LogP contribution in [0.3, 0.4) is 0 Å². The smallest absolute Gasteiger partial charge is 0.233 e. The Labute approximate surface area is 102 Å². The number of nitrogens with two attached hydrogens (primary N) is 1. The molecule has 0 unspecified atom stereocenters. The molecule has 0 aliphatic carbocycles. The van der Waals surface area contributed by atoms with Crippen LogP contribution in [0.15, 0.2) is 18.3 Å². The Morgan fingerprint density at radius 1 is 1.35 bits per heavy atom. The van der Waals surface area contributed by atoms with Gasteiger partial charge in [-0.3, -0.25) is 4.72 Å². The summed E-state index contributed by atoms with van der Waals surface area (Å²) in [6, 6.07) is 3.15. The molecule has 0 atom stereocenters. The molecule has 0 bridgehead atoms. The number of rotatable bonds is 4. The van der Waals surface area contributed by atoms with Crippen LogP contribution in [-0.4, -0.2) is 19.2 Å². The lowest BCUT2D eigenvalue weighted by atomic mass is 9.94. The summed E-state index contributed by atoms with van der Waals surface area (Å²) < 4.78 is 25.9. The lowest BCUT2D eigenvalue weighted by molar-refractivity contribution is 0.397. The molecule has 96 valence electrons. The Balaban J connectivity index is 2.64. The molecule has 0 radical (unpaired) electrons. The zero-order valence-corrected chi connectivity index (χ0v) is 11.2. The zero-order chi connectivity index (χ0) is 13.1. The van der Waals surface area contributed by atoms with Crippen LogP contribution in [0.2, 0.25) is 0 Å². The first kappa shape index (κ1) is 13.8. The van der Waals surface area contributed by atoms with Gasteiger partial charge in [0.05, 0.1) is 17.6 Å². The van der Waals surface area contributed by atoms with E-state index < -0.39 is 10.0 Å². The molecule has 0 fully saturated rings. The summed E-state index contributed by atoms with van der Waals surface area (Å²) in [7, 11) is -3.33. The van der Waals surface area contributed by atoms with E-state index in [1.807, 2.05) is 20.8 Å². The highest BCUT2D eigenvalue weighted by molar-refractivity contribution is 7.92. The van der Waals surface area contributed by atoms with Gasteiger partial charge in [0, 0.05) is 0 Å². The first-order valence-electron chi connectivity index (χ1n) is 5.40. The van der Waals surface area contributed by atoms with Crippen LogP contribution >= 0.6 is 0 Å². The minimum absolute atomic E-state index is 0.0106. The number of nitrogen functional groups attached to an aromatic ring is 1. The topological polar surface area (TPSA) is 85.1 Å². The maximum Gasteiger partial charge on any atom is 0.233 e. The van der Waals surface area contributed by atoms with E-state index in [1.165, 1.54) is 6.20 Å². The van der Waals surface area contributed by atoms with Crippen LogP contribution in [0.1, 0.15) is 27.2 Å². The van der Waals surface area contributed by atoms with Crippen molar-refractivity contribution in [3.05, 3.63) is 18.3 Å². The second-order valence-electron chi connectivity index (χ2n) is 5.21. The van der Waals surface area contributed by atoms with E-state index in [2.05, 4.69) is 9.71 Å². The van der Waals surface area contributed by atoms with Crippen LogP contribution in [0, 0.1) is 5.41 Å². The summed E-state index contributed by atoms with van der Waals surface area (Å²) in [4.78, 5) is 3.89. The lowest BCUT2D eigenvalue weighted by Gasteiger charge is -2.17. The van der Waals surface area contributed by atoms with Crippen LogP contribution in [0.5, 0.6) is 0 Å². The van der Waals surface area contributed by atoms with E-state index >= 15 is 0 Å². The average Bonchev–Trinajstić information content (AvgIpc) is 2.18. The first-order chi connectivity index (χ1) is 7.68. The highest BCUT2D eigenvalue weighted by Crippen LogP contribution is 2.19. The number of nitrogens with zero attached hydrogens (tertiary/aromatic N) is 1. The maximum atomic E-state index is 11.7. The fourth-order valence-corrected chi connectivity index (χ4v) is 2.54. The molecule has 1 heterocycles. The molecule has 3 N–H and O–H groups in total. The number of pyridine rings is 1. The predicted molar refractivity (Wildman–Crippen MR) is 70.1 cm³/mol. The van der Waals surface area contributed by atoms with E-state index in [-0.39, 0.29) is 11.2 Å². The molecule has 0 amide bonds. The fraction of sp³-hybridized carbons (Fsp3) is 0.545. The summed E-state index contributed by atoms with van der Waals surface area (Å²) >= 11 is 0. The number of anilines is 2. The Kier molecular flexibility index (Phi) is 3.98. The molecule has 0 aliphatic rings. The molecule has 1 rings (SSSR count). The van der Waals surface area contributed by atoms with E-state index in [9.17, 15) is 8.42 Å². The minimum Gasteiger partial charge on any atom is -0.397 e. The van der Waals surface area contributed by atoms with E-state index in [0.717, 1.165) is 0 Å². The molecule has 0 saturated carbocycles. The van der Waals surface area contributed by atoms with Crippen LogP contribution in [0.25, 0.3) is 0 Å². The third kappa shape index (κ3) is 5.53.